The van der Waals surface area contributed by atoms with Gasteiger partial charge in [-0.05, 0) is 63.2 Å². The Balaban J connectivity index is 1.61. The number of nitrogens with one attached hydrogen (secondary N) is 1. The third-order valence-corrected chi connectivity index (χ3v) is 4.99. The van der Waals surface area contributed by atoms with Crippen LogP contribution in [0, 0.1) is 0 Å². The van der Waals surface area contributed by atoms with Crippen LogP contribution >= 0.6 is 27.3 Å². The molecular formula is C21H21BrN2O3S. The van der Waals surface area contributed by atoms with Gasteiger partial charge in [0.15, 0.2) is 11.2 Å². The summed E-state index contributed by atoms with van der Waals surface area (Å²) in [4.78, 5) is 16.9. The summed E-state index contributed by atoms with van der Waals surface area (Å²) in [5.74, 6) is 1.20. The van der Waals surface area contributed by atoms with Crippen LogP contribution in [0.25, 0.3) is 11.3 Å². The van der Waals surface area contributed by atoms with Gasteiger partial charge < -0.3 is 9.47 Å². The van der Waals surface area contributed by atoms with Crippen LogP contribution in [0.15, 0.2) is 58.4 Å². The maximum Gasteiger partial charge on any atom is 0.266 e. The first-order valence-corrected chi connectivity index (χ1v) is 10.5. The van der Waals surface area contributed by atoms with Crippen LogP contribution in [-0.2, 0) is 4.79 Å². The third-order valence-electron chi connectivity index (χ3n) is 3.73. The van der Waals surface area contributed by atoms with E-state index in [4.69, 9.17) is 9.47 Å². The van der Waals surface area contributed by atoms with Gasteiger partial charge in [0.25, 0.3) is 5.91 Å². The van der Waals surface area contributed by atoms with Crippen molar-refractivity contribution in [3.05, 3.63) is 58.4 Å². The summed E-state index contributed by atoms with van der Waals surface area (Å²) in [7, 11) is 0. The summed E-state index contributed by atoms with van der Waals surface area (Å²) in [6.45, 7) is 5.69. The number of thiazole rings is 1. The van der Waals surface area contributed by atoms with Crippen LogP contribution in [0.2, 0.25) is 0 Å². The Labute approximate surface area is 176 Å². The van der Waals surface area contributed by atoms with E-state index in [1.165, 1.54) is 11.3 Å². The highest BCUT2D eigenvalue weighted by atomic mass is 79.9. The average molecular weight is 461 g/mol. The molecule has 28 heavy (non-hydrogen) atoms. The molecule has 3 rings (SSSR count). The highest BCUT2D eigenvalue weighted by Crippen LogP contribution is 2.27. The topological polar surface area (TPSA) is 60.5 Å². The maximum absolute atomic E-state index is 12.4. The van der Waals surface area contributed by atoms with E-state index in [9.17, 15) is 4.79 Å². The summed E-state index contributed by atoms with van der Waals surface area (Å²) in [5, 5.41) is 5.26. The largest absolute Gasteiger partial charge is 0.491 e. The normalized spacial score (nSPS) is 11.9. The fraction of sp³-hybridized carbons (Fsp3) is 0.238. The molecule has 0 aliphatic carbocycles. The number of rotatable bonds is 7. The van der Waals surface area contributed by atoms with Gasteiger partial charge in [-0.15, -0.1) is 11.3 Å². The van der Waals surface area contributed by atoms with Gasteiger partial charge in [-0.25, -0.2) is 4.98 Å². The van der Waals surface area contributed by atoms with Crippen LogP contribution in [-0.4, -0.2) is 23.1 Å². The second-order valence-electron chi connectivity index (χ2n) is 6.44. The smallest absolute Gasteiger partial charge is 0.266 e. The Morgan fingerprint density at radius 3 is 2.50 bits per heavy atom. The van der Waals surface area contributed by atoms with Crippen molar-refractivity contribution >= 4 is 38.3 Å². The van der Waals surface area contributed by atoms with Gasteiger partial charge in [0.1, 0.15) is 11.5 Å². The molecule has 0 spiro atoms. The first-order chi connectivity index (χ1) is 13.4. The molecular weight excluding hydrogens is 440 g/mol. The number of nitrogens with zero attached hydrogens (tertiary/aromatic N) is 1. The number of carbonyl (C=O) groups is 1. The lowest BCUT2D eigenvalue weighted by Gasteiger charge is -2.13. The highest BCUT2D eigenvalue weighted by molar-refractivity contribution is 9.10. The minimum absolute atomic E-state index is 0.133. The van der Waals surface area contributed by atoms with E-state index in [1.807, 2.05) is 67.8 Å². The van der Waals surface area contributed by atoms with Crippen molar-refractivity contribution in [1.29, 1.82) is 0 Å². The SMILES string of the molecule is CC(C)Oc1ccc(-c2csc(NC(=O)C(C)Oc3cccc(Br)c3)n2)cc1. The zero-order chi connectivity index (χ0) is 20.1. The summed E-state index contributed by atoms with van der Waals surface area (Å²) < 4.78 is 12.2. The fourth-order valence-corrected chi connectivity index (χ4v) is 3.55. The lowest BCUT2D eigenvalue weighted by atomic mass is 10.2. The molecule has 0 aliphatic heterocycles. The monoisotopic (exact) mass is 460 g/mol. The summed E-state index contributed by atoms with van der Waals surface area (Å²) in [5.41, 5.74) is 1.77. The number of amides is 1. The second-order valence-corrected chi connectivity index (χ2v) is 8.21. The molecule has 3 aromatic rings. The van der Waals surface area contributed by atoms with Crippen LogP contribution in [0.3, 0.4) is 0 Å². The van der Waals surface area contributed by atoms with Crippen molar-refractivity contribution in [2.24, 2.45) is 0 Å². The van der Waals surface area contributed by atoms with E-state index in [2.05, 4.69) is 26.2 Å². The van der Waals surface area contributed by atoms with Gasteiger partial charge in [-0.2, -0.15) is 0 Å². The number of halogens is 1. The van der Waals surface area contributed by atoms with Crippen molar-refractivity contribution in [2.75, 3.05) is 5.32 Å². The van der Waals surface area contributed by atoms with Crippen LogP contribution in [0.1, 0.15) is 20.8 Å². The van der Waals surface area contributed by atoms with Crippen molar-refractivity contribution in [2.45, 2.75) is 33.0 Å². The first-order valence-electron chi connectivity index (χ1n) is 8.86. The Bertz CT molecular complexity index is 941. The zero-order valence-corrected chi connectivity index (χ0v) is 18.2. The third kappa shape index (κ3) is 5.56. The fourth-order valence-electron chi connectivity index (χ4n) is 2.45. The zero-order valence-electron chi connectivity index (χ0n) is 15.8. The van der Waals surface area contributed by atoms with Crippen molar-refractivity contribution < 1.29 is 14.3 Å². The Morgan fingerprint density at radius 2 is 1.82 bits per heavy atom. The van der Waals surface area contributed by atoms with Gasteiger partial charge >= 0.3 is 0 Å². The van der Waals surface area contributed by atoms with Gasteiger partial charge in [-0.1, -0.05) is 22.0 Å². The number of benzene rings is 2. The van der Waals surface area contributed by atoms with Gasteiger partial charge in [0.05, 0.1) is 11.8 Å². The predicted octanol–water partition coefficient (Wildman–Crippen LogP) is 5.77. The molecule has 2 aromatic carbocycles. The van der Waals surface area contributed by atoms with E-state index in [0.29, 0.717) is 10.9 Å². The Morgan fingerprint density at radius 1 is 1.07 bits per heavy atom. The maximum atomic E-state index is 12.4. The van der Waals surface area contributed by atoms with E-state index in [-0.39, 0.29) is 12.0 Å². The Kier molecular flexibility index (Phi) is 6.70. The Hall–Kier alpha value is -2.38. The lowest BCUT2D eigenvalue weighted by molar-refractivity contribution is -0.122. The second kappa shape index (κ2) is 9.21. The first kappa shape index (κ1) is 20.4. The van der Waals surface area contributed by atoms with E-state index in [1.54, 1.807) is 6.92 Å². The van der Waals surface area contributed by atoms with E-state index >= 15 is 0 Å². The molecule has 0 bridgehead atoms. The van der Waals surface area contributed by atoms with Crippen molar-refractivity contribution in [1.82, 2.24) is 4.98 Å². The number of ether oxygens (including phenoxy) is 2. The van der Waals surface area contributed by atoms with Crippen molar-refractivity contribution in [3.8, 4) is 22.8 Å². The summed E-state index contributed by atoms with van der Waals surface area (Å²) in [6, 6.07) is 15.1. The lowest BCUT2D eigenvalue weighted by Crippen LogP contribution is -2.30. The molecule has 1 amide bonds. The molecule has 1 N–H and O–H groups in total. The minimum Gasteiger partial charge on any atom is -0.491 e. The molecule has 0 saturated heterocycles. The molecule has 7 heteroatoms. The van der Waals surface area contributed by atoms with Crippen LogP contribution in [0.4, 0.5) is 5.13 Å². The molecule has 0 aliphatic rings. The summed E-state index contributed by atoms with van der Waals surface area (Å²) >= 11 is 4.76. The number of hydrogen-bond donors (Lipinski definition) is 1. The number of hydrogen-bond acceptors (Lipinski definition) is 5. The van der Waals surface area contributed by atoms with Gasteiger partial charge in [0.2, 0.25) is 0 Å². The molecule has 0 radical (unpaired) electrons. The average Bonchev–Trinajstić information content (AvgIpc) is 3.10. The summed E-state index contributed by atoms with van der Waals surface area (Å²) in [6.07, 6.45) is -0.512. The predicted molar refractivity (Wildman–Crippen MR) is 116 cm³/mol. The van der Waals surface area contributed by atoms with E-state index < -0.39 is 6.10 Å². The molecule has 0 fully saturated rings. The van der Waals surface area contributed by atoms with Gasteiger partial charge in [0, 0.05) is 15.4 Å². The minimum atomic E-state index is -0.644. The number of aromatic nitrogens is 1. The molecule has 1 aromatic heterocycles. The van der Waals surface area contributed by atoms with E-state index in [0.717, 1.165) is 21.5 Å². The number of carbonyl (C=O) groups excluding carboxylic acids is 1. The molecule has 1 heterocycles. The molecule has 1 unspecified atom stereocenters. The standard InChI is InChI=1S/C21H21BrN2O3S/c1-13(2)26-17-9-7-15(8-10-17)19-12-28-21(23-19)24-20(25)14(3)27-18-6-4-5-16(22)11-18/h4-14H,1-3H3,(H,23,24,25). The molecule has 146 valence electrons. The molecule has 1 atom stereocenters. The van der Waals surface area contributed by atoms with Crippen LogP contribution in [0.5, 0.6) is 11.5 Å². The highest BCUT2D eigenvalue weighted by Gasteiger charge is 2.17. The molecule has 5 nitrogen and oxygen atoms in total. The van der Waals surface area contributed by atoms with Gasteiger partial charge in [-0.3, -0.25) is 10.1 Å². The number of anilines is 1. The van der Waals surface area contributed by atoms with Crippen LogP contribution < -0.4 is 14.8 Å². The van der Waals surface area contributed by atoms with Crippen molar-refractivity contribution in [3.63, 3.8) is 0 Å². The molecule has 0 saturated carbocycles. The quantitative estimate of drug-likeness (QED) is 0.486.